The maximum atomic E-state index is 12.9. The van der Waals surface area contributed by atoms with Crippen molar-refractivity contribution in [2.45, 2.75) is 6.92 Å². The normalized spacial score (nSPS) is 11.1. The van der Waals surface area contributed by atoms with E-state index in [4.69, 9.17) is 11.6 Å². The molecule has 0 saturated carbocycles. The fraction of sp³-hybridized carbons (Fsp3) is 0.0476. The Kier molecular flexibility index (Phi) is 6.61. The van der Waals surface area contributed by atoms with Gasteiger partial charge >= 0.3 is 0 Å². The van der Waals surface area contributed by atoms with Crippen LogP contribution in [0.2, 0.25) is 5.02 Å². The van der Waals surface area contributed by atoms with E-state index in [0.717, 1.165) is 5.56 Å². The summed E-state index contributed by atoms with van der Waals surface area (Å²) < 4.78 is 0. The van der Waals surface area contributed by atoms with Gasteiger partial charge in [-0.05, 0) is 53.8 Å². The van der Waals surface area contributed by atoms with E-state index < -0.39 is 16.7 Å². The first kappa shape index (κ1) is 21.2. The minimum absolute atomic E-state index is 0.0525. The van der Waals surface area contributed by atoms with E-state index in [9.17, 15) is 19.7 Å². The summed E-state index contributed by atoms with van der Waals surface area (Å²) >= 11 is 7.19. The van der Waals surface area contributed by atoms with E-state index in [2.05, 4.69) is 10.6 Å². The Bertz CT molecular complexity index is 1140. The zero-order valence-electron chi connectivity index (χ0n) is 15.7. The van der Waals surface area contributed by atoms with Crippen LogP contribution in [-0.4, -0.2) is 16.7 Å². The largest absolute Gasteiger partial charge is 0.320 e. The molecule has 0 unspecified atom stereocenters. The molecule has 152 valence electrons. The number of hydrogen-bond acceptors (Lipinski definition) is 5. The van der Waals surface area contributed by atoms with Crippen LogP contribution in [0.1, 0.15) is 20.8 Å². The number of nitro benzene ring substituents is 1. The number of amides is 2. The van der Waals surface area contributed by atoms with E-state index in [1.165, 1.54) is 35.6 Å². The minimum Gasteiger partial charge on any atom is -0.320 e. The molecular formula is C21H16ClN3O4S. The molecule has 0 aliphatic rings. The molecular weight excluding hydrogens is 426 g/mol. The van der Waals surface area contributed by atoms with Crippen LogP contribution in [0.5, 0.6) is 0 Å². The van der Waals surface area contributed by atoms with Crippen LogP contribution in [0.25, 0.3) is 6.08 Å². The van der Waals surface area contributed by atoms with Crippen molar-refractivity contribution in [1.29, 1.82) is 0 Å². The molecule has 0 aliphatic heterocycles. The summed E-state index contributed by atoms with van der Waals surface area (Å²) in [6.45, 7) is 1.79. The zero-order chi connectivity index (χ0) is 21.7. The summed E-state index contributed by atoms with van der Waals surface area (Å²) in [7, 11) is 0. The number of carbonyl (C=O) groups is 2. The fourth-order valence-corrected chi connectivity index (χ4v) is 3.45. The van der Waals surface area contributed by atoms with Gasteiger partial charge in [0.1, 0.15) is 5.70 Å². The van der Waals surface area contributed by atoms with Crippen molar-refractivity contribution in [2.24, 2.45) is 0 Å². The number of benzene rings is 2. The van der Waals surface area contributed by atoms with E-state index in [1.54, 1.807) is 48.7 Å². The molecule has 0 spiro atoms. The average Bonchev–Trinajstić information content (AvgIpc) is 3.24. The van der Waals surface area contributed by atoms with Crippen molar-refractivity contribution >= 4 is 52.2 Å². The molecule has 0 atom stereocenters. The van der Waals surface area contributed by atoms with E-state index >= 15 is 0 Å². The van der Waals surface area contributed by atoms with Crippen LogP contribution < -0.4 is 10.6 Å². The molecule has 7 nitrogen and oxygen atoms in total. The van der Waals surface area contributed by atoms with Crippen molar-refractivity contribution in [1.82, 2.24) is 5.32 Å². The third kappa shape index (κ3) is 5.31. The standard InChI is InChI=1S/C21H16ClN3O4S/c1-13-10-15(22)7-8-17(13)23-20(26)18(24-21(27)19-6-3-9-30-19)12-14-4-2-5-16(11-14)25(28)29/h2-12H,1H3,(H,23,26)(H,24,27). The van der Waals surface area contributed by atoms with E-state index in [-0.39, 0.29) is 11.4 Å². The van der Waals surface area contributed by atoms with Gasteiger partial charge in [-0.1, -0.05) is 29.8 Å². The molecule has 1 heterocycles. The second-order valence-electron chi connectivity index (χ2n) is 6.25. The third-order valence-electron chi connectivity index (χ3n) is 4.07. The van der Waals surface area contributed by atoms with Crippen LogP contribution in [0, 0.1) is 17.0 Å². The molecule has 2 amide bonds. The van der Waals surface area contributed by atoms with Gasteiger partial charge in [-0.25, -0.2) is 0 Å². The Morgan fingerprint density at radius 3 is 2.60 bits per heavy atom. The third-order valence-corrected chi connectivity index (χ3v) is 5.17. The fourth-order valence-electron chi connectivity index (χ4n) is 2.60. The van der Waals surface area contributed by atoms with Crippen molar-refractivity contribution in [2.75, 3.05) is 5.32 Å². The number of nitrogens with zero attached hydrogens (tertiary/aromatic N) is 1. The number of nitrogens with one attached hydrogen (secondary N) is 2. The Balaban J connectivity index is 1.93. The molecule has 0 radical (unpaired) electrons. The van der Waals surface area contributed by atoms with Crippen molar-refractivity contribution < 1.29 is 14.5 Å². The van der Waals surface area contributed by atoms with Crippen molar-refractivity contribution in [3.05, 3.63) is 96.8 Å². The molecule has 0 fully saturated rings. The molecule has 3 aromatic rings. The molecule has 0 bridgehead atoms. The summed E-state index contributed by atoms with van der Waals surface area (Å²) in [5.41, 5.74) is 1.49. The maximum Gasteiger partial charge on any atom is 0.272 e. The highest BCUT2D eigenvalue weighted by Crippen LogP contribution is 2.21. The topological polar surface area (TPSA) is 101 Å². The summed E-state index contributed by atoms with van der Waals surface area (Å²) in [6.07, 6.45) is 1.39. The molecule has 3 rings (SSSR count). The molecule has 2 N–H and O–H groups in total. The second kappa shape index (κ2) is 9.34. The van der Waals surface area contributed by atoms with Gasteiger partial charge in [0.2, 0.25) is 0 Å². The van der Waals surface area contributed by atoms with Gasteiger partial charge in [-0.2, -0.15) is 0 Å². The second-order valence-corrected chi connectivity index (χ2v) is 7.64. The smallest absolute Gasteiger partial charge is 0.272 e. The Morgan fingerprint density at radius 1 is 1.13 bits per heavy atom. The first-order valence-electron chi connectivity index (χ1n) is 8.72. The SMILES string of the molecule is Cc1cc(Cl)ccc1NC(=O)C(=Cc1cccc([N+](=O)[O-])c1)NC(=O)c1cccs1. The highest BCUT2D eigenvalue weighted by molar-refractivity contribution is 7.12. The van der Waals surface area contributed by atoms with Crippen LogP contribution in [0.4, 0.5) is 11.4 Å². The Labute approximate surface area is 181 Å². The lowest BCUT2D eigenvalue weighted by molar-refractivity contribution is -0.384. The molecule has 1 aromatic heterocycles. The van der Waals surface area contributed by atoms with Crippen LogP contribution in [-0.2, 0) is 4.79 Å². The highest BCUT2D eigenvalue weighted by atomic mass is 35.5. The lowest BCUT2D eigenvalue weighted by Crippen LogP contribution is -2.30. The number of rotatable bonds is 6. The predicted molar refractivity (Wildman–Crippen MR) is 118 cm³/mol. The summed E-state index contributed by atoms with van der Waals surface area (Å²) in [5, 5.41) is 18.6. The number of hydrogen-bond donors (Lipinski definition) is 2. The Hall–Kier alpha value is -3.49. The monoisotopic (exact) mass is 441 g/mol. The van der Waals surface area contributed by atoms with Gasteiger partial charge in [0.15, 0.2) is 0 Å². The number of anilines is 1. The van der Waals surface area contributed by atoms with Gasteiger partial charge in [-0.3, -0.25) is 19.7 Å². The molecule has 30 heavy (non-hydrogen) atoms. The molecule has 0 aliphatic carbocycles. The van der Waals surface area contributed by atoms with Crippen LogP contribution in [0.15, 0.2) is 65.7 Å². The zero-order valence-corrected chi connectivity index (χ0v) is 17.3. The van der Waals surface area contributed by atoms with Crippen molar-refractivity contribution in [3.63, 3.8) is 0 Å². The van der Waals surface area contributed by atoms with Gasteiger partial charge < -0.3 is 10.6 Å². The summed E-state index contributed by atoms with van der Waals surface area (Å²) in [4.78, 5) is 36.4. The quantitative estimate of drug-likeness (QED) is 0.318. The summed E-state index contributed by atoms with van der Waals surface area (Å²) in [5.74, 6) is -1.03. The first-order valence-corrected chi connectivity index (χ1v) is 9.98. The van der Waals surface area contributed by atoms with Gasteiger partial charge in [0.25, 0.3) is 17.5 Å². The number of carbonyl (C=O) groups excluding carboxylic acids is 2. The van der Waals surface area contributed by atoms with Gasteiger partial charge in [0.05, 0.1) is 9.80 Å². The lowest BCUT2D eigenvalue weighted by Gasteiger charge is -2.12. The number of halogens is 1. The van der Waals surface area contributed by atoms with Gasteiger partial charge in [-0.15, -0.1) is 11.3 Å². The Morgan fingerprint density at radius 2 is 1.93 bits per heavy atom. The number of nitro groups is 1. The minimum atomic E-state index is -0.572. The van der Waals surface area contributed by atoms with Crippen LogP contribution >= 0.6 is 22.9 Å². The molecule has 2 aromatic carbocycles. The average molecular weight is 442 g/mol. The van der Waals surface area contributed by atoms with Gasteiger partial charge in [0, 0.05) is 22.8 Å². The molecule has 0 saturated heterocycles. The maximum absolute atomic E-state index is 12.9. The highest BCUT2D eigenvalue weighted by Gasteiger charge is 2.17. The van der Waals surface area contributed by atoms with Crippen LogP contribution in [0.3, 0.4) is 0 Å². The lowest BCUT2D eigenvalue weighted by atomic mass is 10.1. The van der Waals surface area contributed by atoms with E-state index in [1.807, 2.05) is 0 Å². The number of non-ortho nitro benzene ring substituents is 1. The van der Waals surface area contributed by atoms with E-state index in [0.29, 0.717) is 21.2 Å². The first-order chi connectivity index (χ1) is 14.3. The predicted octanol–water partition coefficient (Wildman–Crippen LogP) is 5.03. The number of aryl methyl sites for hydroxylation is 1. The molecule has 9 heteroatoms. The summed E-state index contributed by atoms with van der Waals surface area (Å²) in [6, 6.07) is 14.1. The number of thiophene rings is 1. The van der Waals surface area contributed by atoms with Crippen molar-refractivity contribution in [3.8, 4) is 0 Å².